The van der Waals surface area contributed by atoms with Gasteiger partial charge in [0, 0.05) is 18.5 Å². The minimum Gasteiger partial charge on any atom is -0.504 e. The Morgan fingerprint density at radius 2 is 1.67 bits per heavy atom. The molecule has 5 aliphatic rings. The number of phenolic OH excluding ortho intramolecular Hbond substituents is 2. The standard InChI is InChI=1S/C20H27NO3/c21-9-18-14-1-2-16(22)20(23)15(14)8-17(24-18)19-12-4-10-3-11(6-12)7-13(19)5-10/h1-2,10-13,17-19,22-23H,3-9,21H2/t10?,11?,12?,13?,17-,18-,19?/m0/s1. The maximum Gasteiger partial charge on any atom is 0.161 e. The Hall–Kier alpha value is -1.26. The van der Waals surface area contributed by atoms with Crippen LogP contribution in [0.25, 0.3) is 0 Å². The molecule has 1 heterocycles. The molecule has 0 spiro atoms. The first kappa shape index (κ1) is 15.0. The number of hydrogen-bond donors (Lipinski definition) is 3. The average Bonchev–Trinajstić information content (AvgIpc) is 2.57. The summed E-state index contributed by atoms with van der Waals surface area (Å²) in [5.74, 6) is 4.06. The van der Waals surface area contributed by atoms with Crippen molar-refractivity contribution in [2.24, 2.45) is 35.3 Å². The summed E-state index contributed by atoms with van der Waals surface area (Å²) in [6.45, 7) is 0.418. The molecular formula is C20H27NO3. The van der Waals surface area contributed by atoms with E-state index >= 15 is 0 Å². The molecule has 4 N–H and O–H groups in total. The summed E-state index contributed by atoms with van der Waals surface area (Å²) in [6, 6.07) is 3.40. The van der Waals surface area contributed by atoms with Crippen molar-refractivity contribution in [1.82, 2.24) is 0 Å². The fourth-order valence-electron chi connectivity index (χ4n) is 6.67. The van der Waals surface area contributed by atoms with Crippen molar-refractivity contribution < 1.29 is 14.9 Å². The van der Waals surface area contributed by atoms with Crippen molar-refractivity contribution in [2.45, 2.75) is 50.7 Å². The highest BCUT2D eigenvalue weighted by Gasteiger charge is 2.52. The van der Waals surface area contributed by atoms with Crippen molar-refractivity contribution >= 4 is 0 Å². The van der Waals surface area contributed by atoms with Gasteiger partial charge in [0.2, 0.25) is 0 Å². The van der Waals surface area contributed by atoms with Crippen molar-refractivity contribution in [3.63, 3.8) is 0 Å². The van der Waals surface area contributed by atoms with Gasteiger partial charge in [-0.1, -0.05) is 6.07 Å². The van der Waals surface area contributed by atoms with E-state index in [9.17, 15) is 10.2 Å². The minimum atomic E-state index is -0.164. The third-order valence-corrected chi connectivity index (χ3v) is 7.33. The van der Waals surface area contributed by atoms with Crippen molar-refractivity contribution in [1.29, 1.82) is 0 Å². The van der Waals surface area contributed by atoms with Gasteiger partial charge in [-0.15, -0.1) is 0 Å². The van der Waals surface area contributed by atoms with E-state index < -0.39 is 0 Å². The molecule has 1 aromatic carbocycles. The van der Waals surface area contributed by atoms with Crippen molar-refractivity contribution in [2.75, 3.05) is 6.54 Å². The second kappa shape index (κ2) is 5.37. The van der Waals surface area contributed by atoms with Gasteiger partial charge in [-0.25, -0.2) is 0 Å². The second-order valence-electron chi connectivity index (χ2n) is 8.61. The fraction of sp³-hybridized carbons (Fsp3) is 0.700. The van der Waals surface area contributed by atoms with Gasteiger partial charge in [0.05, 0.1) is 12.2 Å². The number of hydrogen-bond acceptors (Lipinski definition) is 4. The molecule has 0 saturated heterocycles. The van der Waals surface area contributed by atoms with Gasteiger partial charge in [-0.3, -0.25) is 0 Å². The third-order valence-electron chi connectivity index (χ3n) is 7.33. The van der Waals surface area contributed by atoms with Gasteiger partial charge in [0.1, 0.15) is 0 Å². The molecule has 4 heteroatoms. The van der Waals surface area contributed by atoms with Gasteiger partial charge in [-0.05, 0) is 73.3 Å². The maximum atomic E-state index is 10.4. The molecule has 0 radical (unpaired) electrons. The molecule has 4 aliphatic carbocycles. The molecule has 0 amide bonds. The van der Waals surface area contributed by atoms with Crippen LogP contribution in [0, 0.1) is 29.6 Å². The zero-order chi connectivity index (χ0) is 16.4. The molecule has 4 bridgehead atoms. The number of benzene rings is 1. The van der Waals surface area contributed by atoms with Crippen LogP contribution in [-0.4, -0.2) is 22.9 Å². The molecule has 0 aromatic heterocycles. The quantitative estimate of drug-likeness (QED) is 0.729. The van der Waals surface area contributed by atoms with Gasteiger partial charge < -0.3 is 20.7 Å². The predicted octanol–water partition coefficient (Wildman–Crippen LogP) is 3.11. The molecule has 0 unspecified atom stereocenters. The average molecular weight is 329 g/mol. The Labute approximate surface area is 143 Å². The lowest BCUT2D eigenvalue weighted by atomic mass is 9.50. The van der Waals surface area contributed by atoms with E-state index in [1.54, 1.807) is 6.07 Å². The predicted molar refractivity (Wildman–Crippen MR) is 90.7 cm³/mol. The molecule has 1 aliphatic heterocycles. The lowest BCUT2D eigenvalue weighted by Crippen LogP contribution is -2.51. The van der Waals surface area contributed by atoms with Crippen LogP contribution in [0.4, 0.5) is 0 Å². The summed E-state index contributed by atoms with van der Waals surface area (Å²) in [7, 11) is 0. The second-order valence-corrected chi connectivity index (χ2v) is 8.61. The van der Waals surface area contributed by atoms with Gasteiger partial charge in [-0.2, -0.15) is 0 Å². The van der Waals surface area contributed by atoms with Gasteiger partial charge >= 0.3 is 0 Å². The normalized spacial score (nSPS) is 43.0. The van der Waals surface area contributed by atoms with Crippen molar-refractivity contribution in [3.8, 4) is 11.5 Å². The Balaban J connectivity index is 1.48. The highest BCUT2D eigenvalue weighted by Crippen LogP contribution is 2.59. The zero-order valence-electron chi connectivity index (χ0n) is 14.0. The smallest absolute Gasteiger partial charge is 0.161 e. The van der Waals surface area contributed by atoms with Crippen LogP contribution in [0.15, 0.2) is 12.1 Å². The molecular weight excluding hydrogens is 302 g/mol. The number of nitrogens with two attached hydrogens (primary N) is 1. The Bertz CT molecular complexity index is 631. The van der Waals surface area contributed by atoms with Crippen LogP contribution in [-0.2, 0) is 11.2 Å². The number of rotatable bonds is 2. The van der Waals surface area contributed by atoms with Crippen LogP contribution in [0.5, 0.6) is 11.5 Å². The van der Waals surface area contributed by atoms with E-state index in [0.29, 0.717) is 18.9 Å². The molecule has 4 saturated carbocycles. The summed E-state index contributed by atoms with van der Waals surface area (Å²) in [6.07, 6.45) is 7.59. The van der Waals surface area contributed by atoms with Gasteiger partial charge in [0.25, 0.3) is 0 Å². The lowest BCUT2D eigenvalue weighted by Gasteiger charge is -2.57. The molecule has 4 fully saturated rings. The lowest BCUT2D eigenvalue weighted by molar-refractivity contribution is -0.135. The highest BCUT2D eigenvalue weighted by atomic mass is 16.5. The van der Waals surface area contributed by atoms with Gasteiger partial charge in [0.15, 0.2) is 11.5 Å². The van der Waals surface area contributed by atoms with E-state index in [1.807, 2.05) is 6.07 Å². The Morgan fingerprint density at radius 3 is 2.29 bits per heavy atom. The van der Waals surface area contributed by atoms with Crippen LogP contribution < -0.4 is 5.73 Å². The number of phenols is 2. The van der Waals surface area contributed by atoms with E-state index in [0.717, 1.165) is 34.8 Å². The van der Waals surface area contributed by atoms with Crippen LogP contribution in [0.3, 0.4) is 0 Å². The summed E-state index contributed by atoms with van der Waals surface area (Å²) in [4.78, 5) is 0. The monoisotopic (exact) mass is 329 g/mol. The number of ether oxygens (including phenoxy) is 1. The summed E-state index contributed by atoms with van der Waals surface area (Å²) in [5.41, 5.74) is 7.78. The van der Waals surface area contributed by atoms with Crippen LogP contribution >= 0.6 is 0 Å². The summed E-state index contributed by atoms with van der Waals surface area (Å²) >= 11 is 0. The molecule has 2 atom stereocenters. The van der Waals surface area contributed by atoms with E-state index in [2.05, 4.69) is 0 Å². The summed E-state index contributed by atoms with van der Waals surface area (Å²) in [5, 5.41) is 20.3. The molecule has 24 heavy (non-hydrogen) atoms. The van der Waals surface area contributed by atoms with Crippen LogP contribution in [0.1, 0.15) is 49.3 Å². The van der Waals surface area contributed by atoms with E-state index in [4.69, 9.17) is 10.5 Å². The first-order valence-corrected chi connectivity index (χ1v) is 9.53. The molecule has 1 aromatic rings. The minimum absolute atomic E-state index is 0.0306. The number of fused-ring (bicyclic) bond motifs is 1. The Morgan fingerprint density at radius 1 is 1.00 bits per heavy atom. The summed E-state index contributed by atoms with van der Waals surface area (Å²) < 4.78 is 6.47. The Kier molecular flexibility index (Phi) is 3.36. The molecule has 6 rings (SSSR count). The SMILES string of the molecule is NC[C@@H]1O[C@H](C2C3CC4CC(C3)CC2C4)Cc2c1ccc(O)c2O. The van der Waals surface area contributed by atoms with Crippen molar-refractivity contribution in [3.05, 3.63) is 23.3 Å². The van der Waals surface area contributed by atoms with Crippen LogP contribution in [0.2, 0.25) is 0 Å². The van der Waals surface area contributed by atoms with E-state index in [-0.39, 0.29) is 23.7 Å². The first-order chi connectivity index (χ1) is 11.6. The van der Waals surface area contributed by atoms with E-state index in [1.165, 1.54) is 32.1 Å². The largest absolute Gasteiger partial charge is 0.504 e. The molecule has 130 valence electrons. The third kappa shape index (κ3) is 2.12. The molecule has 4 nitrogen and oxygen atoms in total. The zero-order valence-corrected chi connectivity index (χ0v) is 14.0. The topological polar surface area (TPSA) is 75.7 Å². The highest BCUT2D eigenvalue weighted by molar-refractivity contribution is 5.51. The maximum absolute atomic E-state index is 10.4. The fourth-order valence-corrected chi connectivity index (χ4v) is 6.67. The first-order valence-electron chi connectivity index (χ1n) is 9.53. The number of aromatic hydroxyl groups is 2.